The van der Waals surface area contributed by atoms with Crippen LogP contribution in [0.4, 0.5) is 0 Å². The molecule has 1 N–H and O–H groups in total. The van der Waals surface area contributed by atoms with E-state index in [1.54, 1.807) is 6.07 Å². The Morgan fingerprint density at radius 1 is 0.682 bits per heavy atom. The predicted octanol–water partition coefficient (Wildman–Crippen LogP) is 6.73. The van der Waals surface area contributed by atoms with E-state index in [0.29, 0.717) is 5.75 Å². The maximum Gasteiger partial charge on any atom is 0.123 e. The van der Waals surface area contributed by atoms with Crippen molar-refractivity contribution in [2.75, 3.05) is 0 Å². The molecule has 22 heavy (non-hydrogen) atoms. The van der Waals surface area contributed by atoms with Gasteiger partial charge in [0.1, 0.15) is 5.75 Å². The van der Waals surface area contributed by atoms with Gasteiger partial charge in [0, 0.05) is 10.8 Å². The summed E-state index contributed by atoms with van der Waals surface area (Å²) in [5.41, 5.74) is 0. The van der Waals surface area contributed by atoms with E-state index in [1.165, 1.54) is 33.4 Å². The lowest BCUT2D eigenvalue weighted by Gasteiger charge is -2.11. The van der Waals surface area contributed by atoms with Gasteiger partial charge in [-0.1, -0.05) is 82.6 Å². The Labute approximate surface area is 132 Å². The first-order chi connectivity index (χ1) is 10.8. The number of hydrogen-bond acceptors (Lipinski definition) is 1. The van der Waals surface area contributed by atoms with E-state index in [2.05, 4.69) is 50.2 Å². The van der Waals surface area contributed by atoms with Crippen molar-refractivity contribution in [3.63, 3.8) is 0 Å². The molecule has 0 saturated carbocycles. The van der Waals surface area contributed by atoms with Crippen molar-refractivity contribution in [3.8, 4) is 5.75 Å². The van der Waals surface area contributed by atoms with Crippen LogP contribution in [0.3, 0.4) is 0 Å². The van der Waals surface area contributed by atoms with Crippen LogP contribution in [0.2, 0.25) is 0 Å². The second-order valence-corrected chi connectivity index (χ2v) is 5.15. The number of phenolic OH excluding ortho intramolecular Hbond substituents is 1. The van der Waals surface area contributed by atoms with Gasteiger partial charge in [-0.3, -0.25) is 0 Å². The Morgan fingerprint density at radius 3 is 1.73 bits per heavy atom. The molecule has 0 fully saturated rings. The van der Waals surface area contributed by atoms with Crippen LogP contribution in [0.1, 0.15) is 34.1 Å². The highest BCUT2D eigenvalue weighted by Crippen LogP contribution is 2.37. The van der Waals surface area contributed by atoms with E-state index in [-0.39, 0.29) is 0 Å². The SMILES string of the molecule is CC.CCC.Oc1ccc2ccc3cccc4ccc1c2c34. The molecule has 0 aliphatic carbocycles. The fraction of sp³-hybridized carbons (Fsp3) is 0.238. The van der Waals surface area contributed by atoms with Crippen molar-refractivity contribution >= 4 is 32.3 Å². The number of hydrogen-bond donors (Lipinski definition) is 1. The maximum atomic E-state index is 9.95. The number of rotatable bonds is 0. The summed E-state index contributed by atoms with van der Waals surface area (Å²) < 4.78 is 0. The Hall–Kier alpha value is -2.28. The lowest BCUT2D eigenvalue weighted by Crippen LogP contribution is -1.83. The number of benzene rings is 4. The predicted molar refractivity (Wildman–Crippen MR) is 99.1 cm³/mol. The first-order valence-corrected chi connectivity index (χ1v) is 8.11. The molecule has 1 nitrogen and oxygen atoms in total. The van der Waals surface area contributed by atoms with Crippen LogP contribution in [0.25, 0.3) is 32.3 Å². The standard InChI is InChI=1S/C16H10O.C3H8.C2H6/c17-14-9-7-12-5-4-10-2-1-3-11-6-8-13(14)16(12)15(10)11;1-3-2;1-2/h1-9,17H;3H2,1-2H3;1-2H3. The van der Waals surface area contributed by atoms with Gasteiger partial charge in [0.25, 0.3) is 0 Å². The van der Waals surface area contributed by atoms with Gasteiger partial charge in [0.05, 0.1) is 0 Å². The Balaban J connectivity index is 0.000000319. The average Bonchev–Trinajstić information content (AvgIpc) is 2.57. The molecule has 0 radical (unpaired) electrons. The first kappa shape index (κ1) is 16.1. The average molecular weight is 292 g/mol. The third-order valence-electron chi connectivity index (χ3n) is 3.51. The molecule has 0 aliphatic heterocycles. The molecular weight excluding hydrogens is 268 g/mol. The smallest absolute Gasteiger partial charge is 0.123 e. The van der Waals surface area contributed by atoms with Gasteiger partial charge in [-0.2, -0.15) is 0 Å². The van der Waals surface area contributed by atoms with E-state index in [1.807, 2.05) is 26.0 Å². The lowest BCUT2D eigenvalue weighted by atomic mass is 9.94. The molecule has 0 atom stereocenters. The summed E-state index contributed by atoms with van der Waals surface area (Å²) in [5.74, 6) is 0.357. The summed E-state index contributed by atoms with van der Waals surface area (Å²) in [6.07, 6.45) is 1.25. The van der Waals surface area contributed by atoms with Gasteiger partial charge in [-0.15, -0.1) is 0 Å². The maximum absolute atomic E-state index is 9.95. The van der Waals surface area contributed by atoms with Crippen LogP contribution in [0, 0.1) is 0 Å². The van der Waals surface area contributed by atoms with Crippen molar-refractivity contribution < 1.29 is 5.11 Å². The van der Waals surface area contributed by atoms with Gasteiger partial charge >= 0.3 is 0 Å². The Morgan fingerprint density at radius 2 is 1.14 bits per heavy atom. The van der Waals surface area contributed by atoms with Crippen LogP contribution in [-0.2, 0) is 0 Å². The van der Waals surface area contributed by atoms with E-state index in [4.69, 9.17) is 0 Å². The molecule has 4 aromatic rings. The van der Waals surface area contributed by atoms with E-state index in [9.17, 15) is 5.11 Å². The van der Waals surface area contributed by atoms with Gasteiger partial charge in [0.15, 0.2) is 0 Å². The molecule has 0 aromatic heterocycles. The van der Waals surface area contributed by atoms with Gasteiger partial charge < -0.3 is 5.11 Å². The third-order valence-corrected chi connectivity index (χ3v) is 3.51. The molecule has 0 unspecified atom stereocenters. The topological polar surface area (TPSA) is 20.2 Å². The largest absolute Gasteiger partial charge is 0.507 e. The van der Waals surface area contributed by atoms with Crippen molar-refractivity contribution in [2.24, 2.45) is 0 Å². The molecular formula is C21H24O. The molecule has 0 amide bonds. The Bertz CT molecular complexity index is 846. The summed E-state index contributed by atoms with van der Waals surface area (Å²) in [5, 5.41) is 16.9. The highest BCUT2D eigenvalue weighted by molar-refractivity contribution is 6.23. The summed E-state index contributed by atoms with van der Waals surface area (Å²) in [7, 11) is 0. The van der Waals surface area contributed by atoms with Crippen LogP contribution < -0.4 is 0 Å². The second-order valence-electron chi connectivity index (χ2n) is 5.15. The second kappa shape index (κ2) is 7.13. The van der Waals surface area contributed by atoms with E-state index >= 15 is 0 Å². The fourth-order valence-electron chi connectivity index (χ4n) is 2.72. The van der Waals surface area contributed by atoms with Crippen molar-refractivity contribution in [1.82, 2.24) is 0 Å². The van der Waals surface area contributed by atoms with Gasteiger partial charge in [-0.05, 0) is 27.6 Å². The van der Waals surface area contributed by atoms with Crippen LogP contribution >= 0.6 is 0 Å². The normalized spacial score (nSPS) is 10.2. The van der Waals surface area contributed by atoms with E-state index < -0.39 is 0 Å². The van der Waals surface area contributed by atoms with Crippen LogP contribution in [0.15, 0.2) is 54.6 Å². The van der Waals surface area contributed by atoms with Crippen molar-refractivity contribution in [1.29, 1.82) is 0 Å². The minimum atomic E-state index is 0.357. The van der Waals surface area contributed by atoms with Gasteiger partial charge in [-0.25, -0.2) is 0 Å². The van der Waals surface area contributed by atoms with Crippen molar-refractivity contribution in [3.05, 3.63) is 54.6 Å². The highest BCUT2D eigenvalue weighted by Gasteiger charge is 2.09. The van der Waals surface area contributed by atoms with Crippen LogP contribution in [0.5, 0.6) is 5.75 Å². The zero-order valence-corrected chi connectivity index (χ0v) is 13.9. The van der Waals surface area contributed by atoms with Crippen LogP contribution in [-0.4, -0.2) is 5.11 Å². The summed E-state index contributed by atoms with van der Waals surface area (Å²) in [6, 6.07) is 18.4. The Kier molecular flexibility index (Phi) is 5.21. The number of aromatic hydroxyl groups is 1. The first-order valence-electron chi connectivity index (χ1n) is 8.11. The van der Waals surface area contributed by atoms with Gasteiger partial charge in [0.2, 0.25) is 0 Å². The summed E-state index contributed by atoms with van der Waals surface area (Å²) in [6.45, 7) is 8.25. The molecule has 0 heterocycles. The highest BCUT2D eigenvalue weighted by atomic mass is 16.3. The molecule has 0 aliphatic rings. The summed E-state index contributed by atoms with van der Waals surface area (Å²) in [4.78, 5) is 0. The minimum Gasteiger partial charge on any atom is -0.507 e. The number of phenols is 1. The zero-order chi connectivity index (χ0) is 16.1. The fourth-order valence-corrected chi connectivity index (χ4v) is 2.72. The molecule has 114 valence electrons. The lowest BCUT2D eigenvalue weighted by molar-refractivity contribution is 0.482. The minimum absolute atomic E-state index is 0.357. The summed E-state index contributed by atoms with van der Waals surface area (Å²) >= 11 is 0. The van der Waals surface area contributed by atoms with E-state index in [0.717, 1.165) is 5.39 Å². The quantitative estimate of drug-likeness (QED) is 0.356. The molecule has 4 aromatic carbocycles. The van der Waals surface area contributed by atoms with Crippen molar-refractivity contribution in [2.45, 2.75) is 34.1 Å². The molecule has 0 spiro atoms. The molecule has 4 rings (SSSR count). The molecule has 0 saturated heterocycles. The molecule has 1 heteroatoms. The monoisotopic (exact) mass is 292 g/mol. The third kappa shape index (κ3) is 2.71. The zero-order valence-electron chi connectivity index (χ0n) is 13.9. The molecule has 0 bridgehead atoms.